The summed E-state index contributed by atoms with van der Waals surface area (Å²) >= 11 is 0. The molecule has 1 amide bonds. The van der Waals surface area contributed by atoms with E-state index < -0.39 is 0 Å². The molecule has 1 aliphatic rings. The third kappa shape index (κ3) is 3.78. The van der Waals surface area contributed by atoms with E-state index in [0.29, 0.717) is 18.1 Å². The number of para-hydroxylation sites is 1. The van der Waals surface area contributed by atoms with Crippen LogP contribution in [-0.4, -0.2) is 30.7 Å². The van der Waals surface area contributed by atoms with E-state index in [2.05, 4.69) is 32.8 Å². The largest absolute Gasteiger partial charge is 0.361 e. The van der Waals surface area contributed by atoms with Gasteiger partial charge in [0.05, 0.1) is 6.54 Å². The summed E-state index contributed by atoms with van der Waals surface area (Å²) in [6.45, 7) is 4.56. The van der Waals surface area contributed by atoms with Crippen molar-refractivity contribution in [3.63, 3.8) is 0 Å². The van der Waals surface area contributed by atoms with E-state index in [-0.39, 0.29) is 18.3 Å². The topological polar surface area (TPSA) is 70.4 Å². The van der Waals surface area contributed by atoms with Gasteiger partial charge in [0, 0.05) is 31.4 Å². The summed E-state index contributed by atoms with van der Waals surface area (Å²) in [4.78, 5) is 14.2. The predicted molar refractivity (Wildman–Crippen MR) is 87.5 cm³/mol. The molecule has 1 aromatic carbocycles. The first-order valence-corrected chi connectivity index (χ1v) is 6.99. The van der Waals surface area contributed by atoms with Crippen LogP contribution in [0.3, 0.4) is 0 Å². The van der Waals surface area contributed by atoms with Gasteiger partial charge in [-0.25, -0.2) is 0 Å². The van der Waals surface area contributed by atoms with Gasteiger partial charge in [-0.15, -0.1) is 12.4 Å². The third-order valence-corrected chi connectivity index (χ3v) is 3.44. The quantitative estimate of drug-likeness (QED) is 0.904. The molecule has 2 heterocycles. The minimum Gasteiger partial charge on any atom is -0.361 e. The highest BCUT2D eigenvalue weighted by molar-refractivity contribution is 5.93. The maximum Gasteiger partial charge on any atom is 0.245 e. The van der Waals surface area contributed by atoms with Crippen LogP contribution in [0.1, 0.15) is 11.3 Å². The molecule has 1 aliphatic heterocycles. The lowest BCUT2D eigenvalue weighted by Crippen LogP contribution is -2.36. The van der Waals surface area contributed by atoms with Crippen LogP contribution in [0.15, 0.2) is 34.9 Å². The number of amides is 1. The molecule has 7 heteroatoms. The lowest BCUT2D eigenvalue weighted by Gasteiger charge is -2.23. The second-order valence-corrected chi connectivity index (χ2v) is 5.10. The fourth-order valence-electron chi connectivity index (χ4n) is 2.47. The molecule has 0 spiro atoms. The lowest BCUT2D eigenvalue weighted by atomic mass is 10.1. The predicted octanol–water partition coefficient (Wildman–Crippen LogP) is 1.95. The number of anilines is 2. The van der Waals surface area contributed by atoms with Gasteiger partial charge >= 0.3 is 0 Å². The van der Waals surface area contributed by atoms with Crippen LogP contribution in [0.4, 0.5) is 11.5 Å². The molecular formula is C15H19ClN4O2. The standard InChI is InChI=1S/C15H18N4O2.ClH/c1-11-8-14(18-21-11)17-15(20)10-19-7-6-16-9-12-4-2-3-5-13(12)19;/h2-5,8,16H,6-7,9-10H2,1H3,(H,17,18,20);1H. The summed E-state index contributed by atoms with van der Waals surface area (Å²) in [5.74, 6) is 1.04. The first-order valence-electron chi connectivity index (χ1n) is 6.99. The van der Waals surface area contributed by atoms with Crippen LogP contribution in [0.5, 0.6) is 0 Å². The summed E-state index contributed by atoms with van der Waals surface area (Å²) < 4.78 is 4.94. The zero-order chi connectivity index (χ0) is 14.7. The minimum absolute atomic E-state index is 0. The van der Waals surface area contributed by atoms with Gasteiger partial charge in [0.2, 0.25) is 5.91 Å². The van der Waals surface area contributed by atoms with E-state index in [1.165, 1.54) is 5.56 Å². The van der Waals surface area contributed by atoms with Crippen LogP contribution in [-0.2, 0) is 11.3 Å². The van der Waals surface area contributed by atoms with Crippen molar-refractivity contribution in [3.8, 4) is 0 Å². The molecule has 2 N–H and O–H groups in total. The van der Waals surface area contributed by atoms with E-state index >= 15 is 0 Å². The van der Waals surface area contributed by atoms with Gasteiger partial charge in [0.15, 0.2) is 5.82 Å². The van der Waals surface area contributed by atoms with Crippen molar-refractivity contribution in [1.29, 1.82) is 0 Å². The Kier molecular flexibility index (Phi) is 5.41. The van der Waals surface area contributed by atoms with Crippen LogP contribution >= 0.6 is 12.4 Å². The average molecular weight is 323 g/mol. The summed E-state index contributed by atoms with van der Waals surface area (Å²) in [6.07, 6.45) is 0. The van der Waals surface area contributed by atoms with Gasteiger partial charge in [-0.05, 0) is 18.6 Å². The number of nitrogens with zero attached hydrogens (tertiary/aromatic N) is 2. The van der Waals surface area contributed by atoms with Gasteiger partial charge in [0.1, 0.15) is 5.76 Å². The van der Waals surface area contributed by atoms with Crippen molar-refractivity contribution >= 4 is 29.8 Å². The second kappa shape index (κ2) is 7.29. The Hall–Kier alpha value is -2.05. The number of carbonyl (C=O) groups is 1. The van der Waals surface area contributed by atoms with Gasteiger partial charge in [0.25, 0.3) is 0 Å². The van der Waals surface area contributed by atoms with Crippen LogP contribution in [0, 0.1) is 6.92 Å². The molecule has 118 valence electrons. The molecule has 6 nitrogen and oxygen atoms in total. The molecule has 3 rings (SSSR count). The third-order valence-electron chi connectivity index (χ3n) is 3.44. The molecule has 22 heavy (non-hydrogen) atoms. The smallest absolute Gasteiger partial charge is 0.245 e. The molecule has 0 atom stereocenters. The molecule has 0 saturated carbocycles. The number of fused-ring (bicyclic) bond motifs is 1. The molecule has 2 aromatic rings. The van der Waals surface area contributed by atoms with E-state index in [4.69, 9.17) is 4.52 Å². The van der Waals surface area contributed by atoms with E-state index in [0.717, 1.165) is 25.3 Å². The highest BCUT2D eigenvalue weighted by Gasteiger charge is 2.17. The van der Waals surface area contributed by atoms with Crippen molar-refractivity contribution in [3.05, 3.63) is 41.7 Å². The number of hydrogen-bond donors (Lipinski definition) is 2. The number of benzene rings is 1. The SMILES string of the molecule is Cc1cc(NC(=O)CN2CCNCc3ccccc32)no1.Cl. The van der Waals surface area contributed by atoms with E-state index in [9.17, 15) is 4.79 Å². The van der Waals surface area contributed by atoms with Crippen molar-refractivity contribution in [1.82, 2.24) is 10.5 Å². The van der Waals surface area contributed by atoms with Gasteiger partial charge in [-0.3, -0.25) is 4.79 Å². The number of rotatable bonds is 3. The first kappa shape index (κ1) is 16.3. The maximum absolute atomic E-state index is 12.2. The molecule has 0 fully saturated rings. The van der Waals surface area contributed by atoms with Gasteiger partial charge in [-0.2, -0.15) is 0 Å². The molecule has 0 aliphatic carbocycles. The Morgan fingerprint density at radius 1 is 1.45 bits per heavy atom. The van der Waals surface area contributed by atoms with Crippen LogP contribution in [0.25, 0.3) is 0 Å². The van der Waals surface area contributed by atoms with Crippen LogP contribution < -0.4 is 15.5 Å². The summed E-state index contributed by atoms with van der Waals surface area (Å²) in [7, 11) is 0. The Morgan fingerprint density at radius 2 is 2.27 bits per heavy atom. The molecular weight excluding hydrogens is 304 g/mol. The number of nitrogens with one attached hydrogen (secondary N) is 2. The zero-order valence-electron chi connectivity index (χ0n) is 12.3. The van der Waals surface area contributed by atoms with Crippen molar-refractivity contribution in [2.24, 2.45) is 0 Å². The second-order valence-electron chi connectivity index (χ2n) is 5.10. The Bertz CT molecular complexity index is 644. The summed E-state index contributed by atoms with van der Waals surface area (Å²) in [6, 6.07) is 9.85. The van der Waals surface area contributed by atoms with Crippen molar-refractivity contribution in [2.45, 2.75) is 13.5 Å². The zero-order valence-corrected chi connectivity index (χ0v) is 13.2. The number of hydrogen-bond acceptors (Lipinski definition) is 5. The number of halogens is 1. The molecule has 0 radical (unpaired) electrons. The minimum atomic E-state index is -0.0972. The molecule has 0 saturated heterocycles. The normalized spacial score (nSPS) is 13.8. The number of aryl methyl sites for hydroxylation is 1. The molecule has 0 unspecified atom stereocenters. The monoisotopic (exact) mass is 322 g/mol. The average Bonchev–Trinajstić information content (AvgIpc) is 2.77. The fourth-order valence-corrected chi connectivity index (χ4v) is 2.47. The summed E-state index contributed by atoms with van der Waals surface area (Å²) in [5.41, 5.74) is 2.31. The lowest BCUT2D eigenvalue weighted by molar-refractivity contribution is -0.115. The number of carbonyl (C=O) groups excluding carboxylic acids is 1. The summed E-state index contributed by atoms with van der Waals surface area (Å²) in [5, 5.41) is 9.89. The molecule has 0 bridgehead atoms. The fraction of sp³-hybridized carbons (Fsp3) is 0.333. The maximum atomic E-state index is 12.2. The van der Waals surface area contributed by atoms with Crippen LogP contribution in [0.2, 0.25) is 0 Å². The van der Waals surface area contributed by atoms with E-state index in [1.54, 1.807) is 13.0 Å². The van der Waals surface area contributed by atoms with Crippen molar-refractivity contribution < 1.29 is 9.32 Å². The van der Waals surface area contributed by atoms with E-state index in [1.807, 2.05) is 12.1 Å². The first-order chi connectivity index (χ1) is 10.2. The number of aromatic nitrogens is 1. The molecule has 1 aromatic heterocycles. The van der Waals surface area contributed by atoms with Crippen molar-refractivity contribution in [2.75, 3.05) is 29.9 Å². The highest BCUT2D eigenvalue weighted by atomic mass is 35.5. The highest BCUT2D eigenvalue weighted by Crippen LogP contribution is 2.21. The Balaban J connectivity index is 0.00000176. The Labute approximate surface area is 135 Å². The Morgan fingerprint density at radius 3 is 3.05 bits per heavy atom. The van der Waals surface area contributed by atoms with Gasteiger partial charge in [-0.1, -0.05) is 23.4 Å². The van der Waals surface area contributed by atoms with Gasteiger partial charge < -0.3 is 20.1 Å².